The van der Waals surface area contributed by atoms with Crippen LogP contribution in [-0.4, -0.2) is 24.8 Å². The maximum Gasteiger partial charge on any atom is 0.330 e. The van der Waals surface area contributed by atoms with E-state index in [1.165, 1.54) is 0 Å². The summed E-state index contributed by atoms with van der Waals surface area (Å²) in [5, 5.41) is 0. The van der Waals surface area contributed by atoms with Crippen LogP contribution < -0.4 is 0 Å². The Morgan fingerprint density at radius 1 is 1.73 bits per heavy atom. The Kier molecular flexibility index (Phi) is 2.44. The second kappa shape index (κ2) is 3.34. The van der Waals surface area contributed by atoms with Crippen molar-refractivity contribution in [2.24, 2.45) is 0 Å². The molecule has 0 amide bonds. The van der Waals surface area contributed by atoms with Crippen LogP contribution >= 0.6 is 0 Å². The van der Waals surface area contributed by atoms with Crippen molar-refractivity contribution in [2.45, 2.75) is 12.2 Å². The molecule has 1 rings (SSSR count). The summed E-state index contributed by atoms with van der Waals surface area (Å²) in [6.45, 7) is 7.44. The number of carbonyl (C=O) groups excluding carboxylic acids is 1. The number of carbonyl (C=O) groups is 1. The first kappa shape index (κ1) is 8.01. The Labute approximate surface area is 65.3 Å². The van der Waals surface area contributed by atoms with E-state index in [-0.39, 0.29) is 12.2 Å². The van der Waals surface area contributed by atoms with Crippen LogP contribution in [0.3, 0.4) is 0 Å². The molecular formula is C8H10O3. The minimum absolute atomic E-state index is 0.0106. The van der Waals surface area contributed by atoms with Gasteiger partial charge in [-0.3, -0.25) is 0 Å². The predicted molar refractivity (Wildman–Crippen MR) is 40.0 cm³/mol. The molecule has 1 saturated heterocycles. The van der Waals surface area contributed by atoms with Gasteiger partial charge in [0.2, 0.25) is 0 Å². The molecule has 0 radical (unpaired) electrons. The molecule has 0 bridgehead atoms. The fourth-order valence-electron chi connectivity index (χ4n) is 0.703. The SMILES string of the molecule is C=CC(=O)OC(C=C)C1CO1. The maximum atomic E-state index is 10.7. The van der Waals surface area contributed by atoms with Crippen LogP contribution in [-0.2, 0) is 14.3 Å². The molecule has 0 aromatic heterocycles. The molecule has 0 aromatic rings. The van der Waals surface area contributed by atoms with Gasteiger partial charge in [0, 0.05) is 6.08 Å². The average molecular weight is 154 g/mol. The summed E-state index contributed by atoms with van der Waals surface area (Å²) in [7, 11) is 0. The zero-order valence-corrected chi connectivity index (χ0v) is 6.16. The van der Waals surface area contributed by atoms with Gasteiger partial charge in [-0.05, 0) is 6.08 Å². The summed E-state index contributed by atoms with van der Waals surface area (Å²) in [4.78, 5) is 10.7. The number of rotatable bonds is 4. The average Bonchev–Trinajstić information content (AvgIpc) is 2.82. The summed E-state index contributed by atoms with van der Waals surface area (Å²) in [6, 6.07) is 0. The molecule has 11 heavy (non-hydrogen) atoms. The Hall–Kier alpha value is -1.09. The standard InChI is InChI=1S/C8H10O3/c1-3-6(7-5-10-7)11-8(9)4-2/h3-4,6-7H,1-2,5H2. The van der Waals surface area contributed by atoms with E-state index >= 15 is 0 Å². The van der Waals surface area contributed by atoms with Crippen LogP contribution in [0.25, 0.3) is 0 Å². The van der Waals surface area contributed by atoms with Crippen molar-refractivity contribution < 1.29 is 14.3 Å². The summed E-state index contributed by atoms with van der Waals surface area (Å²) in [6.07, 6.45) is 2.37. The van der Waals surface area contributed by atoms with E-state index in [0.29, 0.717) is 6.61 Å². The molecule has 3 heteroatoms. The molecule has 1 aliphatic rings. The van der Waals surface area contributed by atoms with E-state index in [9.17, 15) is 4.79 Å². The first-order valence-corrected chi connectivity index (χ1v) is 3.35. The molecule has 60 valence electrons. The lowest BCUT2D eigenvalue weighted by molar-refractivity contribution is -0.141. The van der Waals surface area contributed by atoms with Gasteiger partial charge < -0.3 is 9.47 Å². The van der Waals surface area contributed by atoms with Gasteiger partial charge in [-0.1, -0.05) is 13.2 Å². The first-order chi connectivity index (χ1) is 5.27. The van der Waals surface area contributed by atoms with Gasteiger partial charge >= 0.3 is 5.97 Å². The van der Waals surface area contributed by atoms with Crippen LogP contribution in [0.15, 0.2) is 25.3 Å². The van der Waals surface area contributed by atoms with Crippen LogP contribution in [0.4, 0.5) is 0 Å². The third kappa shape index (κ3) is 2.20. The number of epoxide rings is 1. The fourth-order valence-corrected chi connectivity index (χ4v) is 0.703. The Balaban J connectivity index is 2.36. The van der Waals surface area contributed by atoms with Crippen molar-refractivity contribution in [2.75, 3.05) is 6.61 Å². The van der Waals surface area contributed by atoms with E-state index in [1.807, 2.05) is 0 Å². The highest BCUT2D eigenvalue weighted by Crippen LogP contribution is 2.17. The normalized spacial score (nSPS) is 23.5. The summed E-state index contributed by atoms with van der Waals surface area (Å²) in [5.41, 5.74) is 0. The van der Waals surface area contributed by atoms with Gasteiger partial charge in [-0.25, -0.2) is 4.79 Å². The molecular weight excluding hydrogens is 144 g/mol. The van der Waals surface area contributed by atoms with Gasteiger partial charge in [0.25, 0.3) is 0 Å². The van der Waals surface area contributed by atoms with Gasteiger partial charge in [0.15, 0.2) is 0 Å². The maximum absolute atomic E-state index is 10.7. The van der Waals surface area contributed by atoms with E-state index < -0.39 is 5.97 Å². The van der Waals surface area contributed by atoms with Crippen molar-refractivity contribution in [1.82, 2.24) is 0 Å². The number of esters is 1. The van der Waals surface area contributed by atoms with Gasteiger partial charge in [-0.2, -0.15) is 0 Å². The molecule has 2 unspecified atom stereocenters. The monoisotopic (exact) mass is 154 g/mol. The molecule has 0 aromatic carbocycles. The fraction of sp³-hybridized carbons (Fsp3) is 0.375. The molecule has 0 saturated carbocycles. The first-order valence-electron chi connectivity index (χ1n) is 3.35. The van der Waals surface area contributed by atoms with E-state index in [4.69, 9.17) is 9.47 Å². The summed E-state index contributed by atoms with van der Waals surface area (Å²) in [5.74, 6) is -0.439. The van der Waals surface area contributed by atoms with Crippen molar-refractivity contribution in [3.63, 3.8) is 0 Å². The van der Waals surface area contributed by atoms with Crippen molar-refractivity contribution in [1.29, 1.82) is 0 Å². The molecule has 1 fully saturated rings. The Bertz CT molecular complexity index is 182. The molecule has 1 aliphatic heterocycles. The van der Waals surface area contributed by atoms with Gasteiger partial charge in [-0.15, -0.1) is 0 Å². The van der Waals surface area contributed by atoms with E-state index in [0.717, 1.165) is 6.08 Å². The van der Waals surface area contributed by atoms with Crippen LogP contribution in [0.1, 0.15) is 0 Å². The van der Waals surface area contributed by atoms with E-state index in [1.54, 1.807) is 6.08 Å². The lowest BCUT2D eigenvalue weighted by Gasteiger charge is -2.08. The largest absolute Gasteiger partial charge is 0.452 e. The van der Waals surface area contributed by atoms with Crippen LogP contribution in [0.2, 0.25) is 0 Å². The molecule has 2 atom stereocenters. The number of ether oxygens (including phenoxy) is 2. The van der Waals surface area contributed by atoms with Crippen molar-refractivity contribution >= 4 is 5.97 Å². The third-order valence-corrected chi connectivity index (χ3v) is 1.38. The smallest absolute Gasteiger partial charge is 0.330 e. The molecule has 3 nitrogen and oxygen atoms in total. The van der Waals surface area contributed by atoms with Crippen LogP contribution in [0, 0.1) is 0 Å². The van der Waals surface area contributed by atoms with Crippen molar-refractivity contribution in [3.8, 4) is 0 Å². The van der Waals surface area contributed by atoms with Gasteiger partial charge in [0.05, 0.1) is 6.61 Å². The lowest BCUT2D eigenvalue weighted by atomic mass is 10.3. The number of hydrogen-bond donors (Lipinski definition) is 0. The molecule has 0 aliphatic carbocycles. The quantitative estimate of drug-likeness (QED) is 0.258. The third-order valence-electron chi connectivity index (χ3n) is 1.38. The minimum atomic E-state index is -0.439. The highest BCUT2D eigenvalue weighted by Gasteiger charge is 2.33. The molecule has 0 N–H and O–H groups in total. The van der Waals surface area contributed by atoms with E-state index in [2.05, 4.69) is 13.2 Å². The second-order valence-electron chi connectivity index (χ2n) is 2.21. The highest BCUT2D eigenvalue weighted by molar-refractivity contribution is 5.81. The molecule has 0 spiro atoms. The lowest BCUT2D eigenvalue weighted by Crippen LogP contribution is -2.19. The summed E-state index contributed by atoms with van der Waals surface area (Å²) >= 11 is 0. The zero-order chi connectivity index (χ0) is 8.27. The minimum Gasteiger partial charge on any atom is -0.452 e. The Morgan fingerprint density at radius 2 is 2.36 bits per heavy atom. The predicted octanol–water partition coefficient (Wildman–Crippen LogP) is 0.669. The summed E-state index contributed by atoms with van der Waals surface area (Å²) < 4.78 is 9.80. The van der Waals surface area contributed by atoms with Crippen molar-refractivity contribution in [3.05, 3.63) is 25.3 Å². The number of hydrogen-bond acceptors (Lipinski definition) is 3. The highest BCUT2D eigenvalue weighted by atomic mass is 16.6. The Morgan fingerprint density at radius 3 is 2.73 bits per heavy atom. The van der Waals surface area contributed by atoms with Gasteiger partial charge in [0.1, 0.15) is 12.2 Å². The van der Waals surface area contributed by atoms with Crippen LogP contribution in [0.5, 0.6) is 0 Å². The second-order valence-corrected chi connectivity index (χ2v) is 2.21. The zero-order valence-electron chi connectivity index (χ0n) is 6.16. The molecule has 1 heterocycles. The topological polar surface area (TPSA) is 38.8 Å².